The summed E-state index contributed by atoms with van der Waals surface area (Å²) in [6, 6.07) is 17.8. The Kier molecular flexibility index (Phi) is 8.42. The first-order valence-corrected chi connectivity index (χ1v) is 15.3. The number of rotatable bonds is 7. The fraction of sp³-hybridized carbons (Fsp3) is 0.424. The van der Waals surface area contributed by atoms with Crippen molar-refractivity contribution < 1.29 is 14.6 Å². The molecule has 2 fully saturated rings. The van der Waals surface area contributed by atoms with Crippen LogP contribution in [0, 0.1) is 6.92 Å². The van der Waals surface area contributed by atoms with E-state index in [1.54, 1.807) is 10.6 Å². The smallest absolute Gasteiger partial charge is 0.262 e. The monoisotopic (exact) mass is 603 g/mol. The number of aliphatic hydroxyl groups is 1. The number of carbonyl (C=O) groups excluding carboxylic acids is 1. The maximum absolute atomic E-state index is 13.5. The van der Waals surface area contributed by atoms with Crippen molar-refractivity contribution in [2.24, 2.45) is 0 Å². The molecule has 1 unspecified atom stereocenters. The summed E-state index contributed by atoms with van der Waals surface area (Å²) in [6.07, 6.45) is 3.60. The molecule has 0 saturated carbocycles. The molecular formula is C33H38ClN5O4. The third-order valence-corrected chi connectivity index (χ3v) is 9.09. The lowest BCUT2D eigenvalue weighted by atomic mass is 9.91. The summed E-state index contributed by atoms with van der Waals surface area (Å²) in [6.45, 7) is 6.54. The minimum atomic E-state index is -1.11. The number of carbonyl (C=O) groups is 1. The van der Waals surface area contributed by atoms with Crippen LogP contribution in [0.1, 0.15) is 48.9 Å². The summed E-state index contributed by atoms with van der Waals surface area (Å²) in [5, 5.41) is 15.7. The number of aryl methyl sites for hydroxylation is 2. The van der Waals surface area contributed by atoms with E-state index in [1.807, 2.05) is 47.4 Å². The van der Waals surface area contributed by atoms with Gasteiger partial charge in [0, 0.05) is 31.7 Å². The molecule has 43 heavy (non-hydrogen) atoms. The Balaban J connectivity index is 1.14. The Bertz CT molecular complexity index is 1670. The molecule has 2 N–H and O–H groups in total. The Morgan fingerprint density at radius 2 is 1.93 bits per heavy atom. The van der Waals surface area contributed by atoms with Gasteiger partial charge in [0.05, 0.1) is 36.3 Å². The molecule has 0 radical (unpaired) electrons. The van der Waals surface area contributed by atoms with E-state index in [4.69, 9.17) is 16.3 Å². The van der Waals surface area contributed by atoms with Crippen molar-refractivity contribution in [2.75, 3.05) is 26.2 Å². The van der Waals surface area contributed by atoms with Crippen molar-refractivity contribution in [3.8, 4) is 5.69 Å². The zero-order valence-electron chi connectivity index (χ0n) is 24.6. The molecule has 1 amide bonds. The molecule has 10 heteroatoms. The first-order valence-electron chi connectivity index (χ1n) is 15.0. The Morgan fingerprint density at radius 1 is 1.16 bits per heavy atom. The summed E-state index contributed by atoms with van der Waals surface area (Å²) < 4.78 is 9.07. The van der Waals surface area contributed by atoms with Crippen LogP contribution in [0.5, 0.6) is 0 Å². The van der Waals surface area contributed by atoms with Gasteiger partial charge >= 0.3 is 0 Å². The molecule has 2 aliphatic rings. The van der Waals surface area contributed by atoms with Crippen LogP contribution in [-0.2, 0) is 22.5 Å². The lowest BCUT2D eigenvalue weighted by Crippen LogP contribution is -2.49. The number of benzene rings is 2. The molecule has 2 atom stereocenters. The van der Waals surface area contributed by atoms with Crippen molar-refractivity contribution in [2.45, 2.75) is 63.8 Å². The van der Waals surface area contributed by atoms with Crippen LogP contribution in [0.15, 0.2) is 65.7 Å². The first-order chi connectivity index (χ1) is 20.7. The molecule has 4 heterocycles. The number of nitrogens with one attached hydrogen (secondary N) is 1. The maximum atomic E-state index is 13.5. The van der Waals surface area contributed by atoms with Crippen molar-refractivity contribution in [1.29, 1.82) is 0 Å². The van der Waals surface area contributed by atoms with Crippen molar-refractivity contribution >= 4 is 28.5 Å². The number of fused-ring (bicyclic) bond motifs is 1. The second-order valence-electron chi connectivity index (χ2n) is 12.0. The Morgan fingerprint density at radius 3 is 2.63 bits per heavy atom. The predicted molar refractivity (Wildman–Crippen MR) is 167 cm³/mol. The van der Waals surface area contributed by atoms with E-state index in [0.29, 0.717) is 61.6 Å². The van der Waals surface area contributed by atoms with Crippen LogP contribution in [-0.4, -0.2) is 68.0 Å². The van der Waals surface area contributed by atoms with Gasteiger partial charge in [0.2, 0.25) is 5.91 Å². The molecule has 2 aromatic carbocycles. The summed E-state index contributed by atoms with van der Waals surface area (Å²) in [7, 11) is 0. The molecular weight excluding hydrogens is 566 g/mol. The molecule has 2 aliphatic heterocycles. The minimum Gasteiger partial charge on any atom is -0.388 e. The first kappa shape index (κ1) is 29.6. The fourth-order valence-electron chi connectivity index (χ4n) is 6.22. The van der Waals surface area contributed by atoms with Crippen LogP contribution in [0.2, 0.25) is 5.15 Å². The number of hydrogen-bond donors (Lipinski definition) is 2. The molecule has 2 saturated heterocycles. The number of morpholine rings is 1. The molecule has 6 rings (SSSR count). The zero-order valence-corrected chi connectivity index (χ0v) is 25.4. The van der Waals surface area contributed by atoms with Gasteiger partial charge in [0.15, 0.2) is 5.65 Å². The Labute approximate surface area is 256 Å². The van der Waals surface area contributed by atoms with Crippen molar-refractivity contribution in [1.82, 2.24) is 24.3 Å². The summed E-state index contributed by atoms with van der Waals surface area (Å²) >= 11 is 6.67. The molecule has 0 aliphatic carbocycles. The van der Waals surface area contributed by atoms with E-state index in [1.165, 1.54) is 10.9 Å². The van der Waals surface area contributed by atoms with E-state index in [-0.39, 0.29) is 30.2 Å². The summed E-state index contributed by atoms with van der Waals surface area (Å²) in [5.74, 6) is 0.0864. The molecule has 226 valence electrons. The van der Waals surface area contributed by atoms with E-state index in [9.17, 15) is 14.7 Å². The highest BCUT2D eigenvalue weighted by atomic mass is 35.5. The lowest BCUT2D eigenvalue weighted by Gasteiger charge is -2.38. The van der Waals surface area contributed by atoms with E-state index in [2.05, 4.69) is 30.2 Å². The summed E-state index contributed by atoms with van der Waals surface area (Å²) in [4.78, 5) is 32.7. The minimum absolute atomic E-state index is 0.0864. The average molecular weight is 604 g/mol. The standard InChI is InChI=1S/C33H38ClN5O4/c1-22-16-25(9-10-26(22)28-19-43-23(2)18-35-28)39-29(34)17-27-31(39)36-21-38(32(27)41)20-33(42)12-14-37(15-13-33)30(40)11-8-24-6-4-3-5-7-24/h3-7,9-10,16-17,21,23,28,35,42H,8,11-15,18-20H2,1-2H3/t23-,28?/m1/s1. The van der Waals surface area contributed by atoms with Crippen LogP contribution >= 0.6 is 11.6 Å². The van der Waals surface area contributed by atoms with Gasteiger partial charge in [0.25, 0.3) is 5.56 Å². The third-order valence-electron chi connectivity index (χ3n) is 8.81. The van der Waals surface area contributed by atoms with Crippen molar-refractivity contribution in [3.63, 3.8) is 0 Å². The number of ether oxygens (including phenoxy) is 1. The fourth-order valence-corrected chi connectivity index (χ4v) is 6.51. The van der Waals surface area contributed by atoms with Gasteiger partial charge in [-0.1, -0.05) is 48.0 Å². The zero-order chi connectivity index (χ0) is 30.1. The SMILES string of the molecule is Cc1cc(-n2c(Cl)cc3c(=O)n(CC4(O)CCN(C(=O)CCc5ccccc5)CC4)cnc32)ccc1C1CO[C@H](C)CN1. The van der Waals surface area contributed by atoms with Crippen LogP contribution in [0.25, 0.3) is 16.7 Å². The third kappa shape index (κ3) is 6.26. The number of halogens is 1. The van der Waals surface area contributed by atoms with Crippen LogP contribution < -0.4 is 10.9 Å². The van der Waals surface area contributed by atoms with E-state index < -0.39 is 5.60 Å². The highest BCUT2D eigenvalue weighted by Crippen LogP contribution is 2.29. The number of nitrogens with zero attached hydrogens (tertiary/aromatic N) is 4. The predicted octanol–water partition coefficient (Wildman–Crippen LogP) is 4.18. The summed E-state index contributed by atoms with van der Waals surface area (Å²) in [5.41, 5.74) is 3.31. The highest BCUT2D eigenvalue weighted by Gasteiger charge is 2.35. The van der Waals surface area contributed by atoms with Gasteiger partial charge in [-0.25, -0.2) is 4.98 Å². The molecule has 0 spiro atoms. The quantitative estimate of drug-likeness (QED) is 0.329. The molecule has 9 nitrogen and oxygen atoms in total. The molecule has 0 bridgehead atoms. The molecule has 2 aromatic heterocycles. The number of hydrogen-bond acceptors (Lipinski definition) is 6. The molecule has 4 aromatic rings. The number of piperidine rings is 1. The average Bonchev–Trinajstić information content (AvgIpc) is 3.35. The number of aromatic nitrogens is 3. The van der Waals surface area contributed by atoms with Gasteiger partial charge < -0.3 is 20.1 Å². The lowest BCUT2D eigenvalue weighted by molar-refractivity contribution is -0.135. The largest absolute Gasteiger partial charge is 0.388 e. The topological polar surface area (TPSA) is 102 Å². The number of likely N-dealkylation sites (tertiary alicyclic amines) is 1. The van der Waals surface area contributed by atoms with Crippen LogP contribution in [0.4, 0.5) is 0 Å². The van der Waals surface area contributed by atoms with Crippen molar-refractivity contribution in [3.05, 3.63) is 93.1 Å². The van der Waals surface area contributed by atoms with Gasteiger partial charge in [-0.05, 0) is 68.0 Å². The van der Waals surface area contributed by atoms with Crippen LogP contribution in [0.3, 0.4) is 0 Å². The van der Waals surface area contributed by atoms with E-state index >= 15 is 0 Å². The van der Waals surface area contributed by atoms with Gasteiger partial charge in [0.1, 0.15) is 11.5 Å². The highest BCUT2D eigenvalue weighted by molar-refractivity contribution is 6.31. The number of amides is 1. The maximum Gasteiger partial charge on any atom is 0.262 e. The second kappa shape index (κ2) is 12.2. The van der Waals surface area contributed by atoms with E-state index in [0.717, 1.165) is 28.9 Å². The van der Waals surface area contributed by atoms with Gasteiger partial charge in [-0.2, -0.15) is 0 Å². The second-order valence-corrected chi connectivity index (χ2v) is 12.3. The Hall–Kier alpha value is -3.50. The normalized spacial score (nSPS) is 20.4. The van der Waals surface area contributed by atoms with Gasteiger partial charge in [-0.15, -0.1) is 0 Å². The van der Waals surface area contributed by atoms with Gasteiger partial charge in [-0.3, -0.25) is 18.7 Å².